The normalized spacial score (nSPS) is 23.8. The zero-order valence-corrected chi connectivity index (χ0v) is 13.5. The molecule has 0 aromatic heterocycles. The zero-order chi connectivity index (χ0) is 17.5. The van der Waals surface area contributed by atoms with E-state index in [2.05, 4.69) is 0 Å². The number of nitrogens with two attached hydrogens (primary N) is 1. The van der Waals surface area contributed by atoms with E-state index in [4.69, 9.17) is 9.88 Å². The second kappa shape index (κ2) is 5.94. The second-order valence-electron chi connectivity index (χ2n) is 5.83. The van der Waals surface area contributed by atoms with Gasteiger partial charge < -0.3 is 9.64 Å². The van der Waals surface area contributed by atoms with Crippen molar-refractivity contribution in [3.63, 3.8) is 0 Å². The average molecular weight is 361 g/mol. The van der Waals surface area contributed by atoms with E-state index in [-0.39, 0.29) is 44.3 Å². The van der Waals surface area contributed by atoms with Gasteiger partial charge in [-0.3, -0.25) is 4.79 Å². The Kier molecular flexibility index (Phi) is 4.22. The van der Waals surface area contributed by atoms with Gasteiger partial charge in [-0.1, -0.05) is 0 Å². The Labute approximate surface area is 138 Å². The minimum absolute atomic E-state index is 0.141. The molecular weight excluding hydrogens is 344 g/mol. The lowest BCUT2D eigenvalue weighted by Crippen LogP contribution is -2.52. The molecule has 0 bridgehead atoms. The number of carbonyl (C=O) groups excluding carboxylic acids is 1. The van der Waals surface area contributed by atoms with Crippen molar-refractivity contribution >= 4 is 16.1 Å². The lowest BCUT2D eigenvalue weighted by Gasteiger charge is -2.33. The standard InChI is InChI=1S/C14H17F2N3O4S/c15-14(16)9-12(14)23-11-3-1-10(2-4-11)13(20)18-5-7-19(8-6-18)24(17,21)22/h1-4,12H,5-9H2,(H2,17,21,22). The van der Waals surface area contributed by atoms with Crippen molar-refractivity contribution in [2.75, 3.05) is 26.2 Å². The van der Waals surface area contributed by atoms with Crippen LogP contribution in [0.15, 0.2) is 24.3 Å². The predicted molar refractivity (Wildman–Crippen MR) is 81.0 cm³/mol. The van der Waals surface area contributed by atoms with Crippen molar-refractivity contribution < 1.29 is 26.7 Å². The fraction of sp³-hybridized carbons (Fsp3) is 0.500. The summed E-state index contributed by atoms with van der Waals surface area (Å²) >= 11 is 0. The summed E-state index contributed by atoms with van der Waals surface area (Å²) in [7, 11) is -3.74. The minimum atomic E-state index is -3.74. The van der Waals surface area contributed by atoms with Gasteiger partial charge in [-0.25, -0.2) is 13.9 Å². The molecular formula is C14H17F2N3O4S. The van der Waals surface area contributed by atoms with E-state index in [1.165, 1.54) is 29.2 Å². The van der Waals surface area contributed by atoms with Crippen molar-refractivity contribution in [1.82, 2.24) is 9.21 Å². The third-order valence-corrected chi connectivity index (χ3v) is 5.12. The molecule has 132 valence electrons. The van der Waals surface area contributed by atoms with E-state index >= 15 is 0 Å². The molecule has 2 fully saturated rings. The number of ether oxygens (including phenoxy) is 1. The van der Waals surface area contributed by atoms with Crippen LogP contribution in [0.1, 0.15) is 16.8 Å². The lowest BCUT2D eigenvalue weighted by molar-refractivity contribution is 0.0661. The van der Waals surface area contributed by atoms with Crippen molar-refractivity contribution in [3.8, 4) is 5.75 Å². The number of carbonyl (C=O) groups is 1. The van der Waals surface area contributed by atoms with Gasteiger partial charge in [0.25, 0.3) is 22.0 Å². The van der Waals surface area contributed by atoms with Crippen LogP contribution in [0.2, 0.25) is 0 Å². The first kappa shape index (κ1) is 17.1. The average Bonchev–Trinajstić information content (AvgIpc) is 3.13. The smallest absolute Gasteiger partial charge is 0.288 e. The molecule has 2 aliphatic rings. The van der Waals surface area contributed by atoms with Crippen LogP contribution in [0.25, 0.3) is 0 Å². The number of alkyl halides is 2. The van der Waals surface area contributed by atoms with E-state index < -0.39 is 22.2 Å². The van der Waals surface area contributed by atoms with E-state index in [9.17, 15) is 22.0 Å². The van der Waals surface area contributed by atoms with Crippen LogP contribution in [-0.4, -0.2) is 61.7 Å². The Morgan fingerprint density at radius 1 is 1.17 bits per heavy atom. The molecule has 1 atom stereocenters. The highest BCUT2D eigenvalue weighted by atomic mass is 32.2. The van der Waals surface area contributed by atoms with E-state index in [1.54, 1.807) is 0 Å². The summed E-state index contributed by atoms with van der Waals surface area (Å²) < 4.78 is 54.3. The maximum atomic E-state index is 12.8. The molecule has 7 nitrogen and oxygen atoms in total. The molecule has 1 saturated heterocycles. The summed E-state index contributed by atoms with van der Waals surface area (Å²) in [6, 6.07) is 5.96. The van der Waals surface area contributed by atoms with E-state index in [1.807, 2.05) is 0 Å². The van der Waals surface area contributed by atoms with Crippen LogP contribution in [0, 0.1) is 0 Å². The van der Waals surface area contributed by atoms with Gasteiger partial charge in [-0.05, 0) is 24.3 Å². The quantitative estimate of drug-likeness (QED) is 0.842. The molecule has 2 N–H and O–H groups in total. The third kappa shape index (κ3) is 3.65. The first-order valence-electron chi connectivity index (χ1n) is 7.38. The van der Waals surface area contributed by atoms with Gasteiger partial charge in [-0.15, -0.1) is 0 Å². The Bertz CT molecular complexity index is 731. The Morgan fingerprint density at radius 2 is 1.71 bits per heavy atom. The predicted octanol–water partition coefficient (Wildman–Crippen LogP) is 0.434. The number of amides is 1. The molecule has 1 amide bonds. The molecule has 1 aromatic rings. The number of hydrogen-bond donors (Lipinski definition) is 1. The summed E-state index contributed by atoms with van der Waals surface area (Å²) in [6.45, 7) is 0.759. The highest BCUT2D eigenvalue weighted by molar-refractivity contribution is 7.86. The molecule has 1 unspecified atom stereocenters. The van der Waals surface area contributed by atoms with Gasteiger partial charge >= 0.3 is 0 Å². The van der Waals surface area contributed by atoms with Gasteiger partial charge in [0.05, 0.1) is 6.42 Å². The van der Waals surface area contributed by atoms with Gasteiger partial charge in [0, 0.05) is 31.7 Å². The molecule has 1 saturated carbocycles. The van der Waals surface area contributed by atoms with Gasteiger partial charge in [0.15, 0.2) is 6.10 Å². The van der Waals surface area contributed by atoms with Crippen LogP contribution < -0.4 is 9.88 Å². The molecule has 0 spiro atoms. The van der Waals surface area contributed by atoms with E-state index in [0.29, 0.717) is 5.56 Å². The van der Waals surface area contributed by atoms with Crippen LogP contribution in [-0.2, 0) is 10.2 Å². The van der Waals surface area contributed by atoms with Gasteiger partial charge in [0.2, 0.25) is 0 Å². The molecule has 1 aromatic carbocycles. The topological polar surface area (TPSA) is 92.9 Å². The SMILES string of the molecule is NS(=O)(=O)N1CCN(C(=O)c2ccc(OC3CC3(F)F)cc2)CC1. The van der Waals surface area contributed by atoms with Crippen LogP contribution >= 0.6 is 0 Å². The van der Waals surface area contributed by atoms with E-state index in [0.717, 1.165) is 4.31 Å². The summed E-state index contributed by atoms with van der Waals surface area (Å²) in [6.07, 6.45) is -1.38. The Balaban J connectivity index is 1.58. The monoisotopic (exact) mass is 361 g/mol. The number of rotatable bonds is 4. The van der Waals surface area contributed by atoms with Crippen LogP contribution in [0.4, 0.5) is 8.78 Å². The third-order valence-electron chi connectivity index (χ3n) is 4.03. The zero-order valence-electron chi connectivity index (χ0n) is 12.7. The van der Waals surface area contributed by atoms with Gasteiger partial charge in [0.1, 0.15) is 5.75 Å². The number of hydrogen-bond acceptors (Lipinski definition) is 4. The fourth-order valence-corrected chi connectivity index (χ4v) is 3.16. The second-order valence-corrected chi connectivity index (χ2v) is 7.38. The summed E-state index contributed by atoms with van der Waals surface area (Å²) in [5.41, 5.74) is 0.383. The lowest BCUT2D eigenvalue weighted by atomic mass is 10.2. The highest BCUT2D eigenvalue weighted by Gasteiger charge is 2.59. The largest absolute Gasteiger partial charge is 0.484 e. The van der Waals surface area contributed by atoms with Crippen LogP contribution in [0.3, 0.4) is 0 Å². The molecule has 10 heteroatoms. The molecule has 1 heterocycles. The number of piperazine rings is 1. The number of nitrogens with zero attached hydrogens (tertiary/aromatic N) is 2. The van der Waals surface area contributed by atoms with Crippen molar-refractivity contribution in [1.29, 1.82) is 0 Å². The summed E-state index contributed by atoms with van der Waals surface area (Å²) in [5.74, 6) is -2.74. The summed E-state index contributed by atoms with van der Waals surface area (Å²) in [4.78, 5) is 13.9. The Morgan fingerprint density at radius 3 is 2.17 bits per heavy atom. The Hall–Kier alpha value is -1.78. The first-order chi connectivity index (χ1) is 11.2. The van der Waals surface area contributed by atoms with Crippen molar-refractivity contribution in [2.45, 2.75) is 18.4 Å². The van der Waals surface area contributed by atoms with Crippen molar-refractivity contribution in [2.24, 2.45) is 5.14 Å². The number of benzene rings is 1. The minimum Gasteiger partial charge on any atom is -0.484 e. The molecule has 1 aliphatic heterocycles. The molecule has 1 aliphatic carbocycles. The molecule has 0 radical (unpaired) electrons. The first-order valence-corrected chi connectivity index (χ1v) is 8.89. The number of halogens is 2. The van der Waals surface area contributed by atoms with Crippen molar-refractivity contribution in [3.05, 3.63) is 29.8 Å². The summed E-state index contributed by atoms with van der Waals surface area (Å²) in [5, 5.41) is 5.05. The molecule has 24 heavy (non-hydrogen) atoms. The maximum absolute atomic E-state index is 12.8. The van der Waals surface area contributed by atoms with Crippen LogP contribution in [0.5, 0.6) is 5.75 Å². The molecule has 3 rings (SSSR count). The van der Waals surface area contributed by atoms with Gasteiger partial charge in [-0.2, -0.15) is 12.7 Å². The highest BCUT2D eigenvalue weighted by Crippen LogP contribution is 2.44. The fourth-order valence-electron chi connectivity index (χ4n) is 2.48. The maximum Gasteiger partial charge on any atom is 0.288 e.